The summed E-state index contributed by atoms with van der Waals surface area (Å²) in [4.78, 5) is 11.6. The van der Waals surface area contributed by atoms with Crippen molar-refractivity contribution in [3.8, 4) is 5.75 Å². The van der Waals surface area contributed by atoms with E-state index < -0.39 is 47.2 Å². The van der Waals surface area contributed by atoms with Crippen molar-refractivity contribution in [2.45, 2.75) is 26.9 Å². The van der Waals surface area contributed by atoms with Gasteiger partial charge < -0.3 is 9.47 Å². The van der Waals surface area contributed by atoms with Gasteiger partial charge in [-0.25, -0.2) is 8.78 Å². The minimum absolute atomic E-state index is 0.218. The van der Waals surface area contributed by atoms with Gasteiger partial charge in [-0.15, -0.1) is 0 Å². The molecule has 0 spiro atoms. The Hall–Kier alpha value is -1.79. The van der Waals surface area contributed by atoms with E-state index in [2.05, 4.69) is 4.74 Å². The van der Waals surface area contributed by atoms with Gasteiger partial charge in [0.25, 0.3) is 0 Å². The first-order valence-electron chi connectivity index (χ1n) is 6.26. The summed E-state index contributed by atoms with van der Waals surface area (Å²) in [5.74, 6) is -8.74. The van der Waals surface area contributed by atoms with E-state index in [0.29, 0.717) is 6.42 Å². The standard InChI is InChI=1S/C14H14F4O3/c1-14(2)4-7(14)13(19)21-5-6-8(15)10(17)12(20-3)11(18)9(6)16/h7H,4-5H2,1-3H3/t7-/m0/s1. The normalized spacial score (nSPS) is 19.3. The van der Waals surface area contributed by atoms with Crippen LogP contribution in [0.5, 0.6) is 5.75 Å². The molecule has 0 radical (unpaired) electrons. The van der Waals surface area contributed by atoms with Gasteiger partial charge >= 0.3 is 5.97 Å². The van der Waals surface area contributed by atoms with Gasteiger partial charge in [-0.05, 0) is 11.8 Å². The lowest BCUT2D eigenvalue weighted by atomic mass is 10.1. The summed E-state index contributed by atoms with van der Waals surface area (Å²) < 4.78 is 63.3. The van der Waals surface area contributed by atoms with Crippen LogP contribution in [0.15, 0.2) is 0 Å². The van der Waals surface area contributed by atoms with E-state index in [4.69, 9.17) is 4.74 Å². The van der Waals surface area contributed by atoms with Gasteiger partial charge in [-0.2, -0.15) is 8.78 Å². The quantitative estimate of drug-likeness (QED) is 0.486. The fourth-order valence-electron chi connectivity index (χ4n) is 2.08. The van der Waals surface area contributed by atoms with E-state index >= 15 is 0 Å². The van der Waals surface area contributed by atoms with Crippen LogP contribution in [0.2, 0.25) is 0 Å². The third kappa shape index (κ3) is 2.69. The first-order valence-corrected chi connectivity index (χ1v) is 6.26. The number of carbonyl (C=O) groups excluding carboxylic acids is 1. The second-order valence-corrected chi connectivity index (χ2v) is 5.62. The summed E-state index contributed by atoms with van der Waals surface area (Å²) in [6, 6.07) is 0. The minimum atomic E-state index is -1.66. The zero-order chi connectivity index (χ0) is 15.9. The van der Waals surface area contributed by atoms with E-state index in [-0.39, 0.29) is 11.3 Å². The van der Waals surface area contributed by atoms with Crippen LogP contribution in [-0.4, -0.2) is 13.1 Å². The number of esters is 1. The molecule has 1 aliphatic rings. The molecule has 0 bridgehead atoms. The Labute approximate surface area is 118 Å². The van der Waals surface area contributed by atoms with Crippen LogP contribution >= 0.6 is 0 Å². The first-order chi connectivity index (χ1) is 9.70. The molecule has 1 atom stereocenters. The summed E-state index contributed by atoms with van der Waals surface area (Å²) in [7, 11) is 0.884. The third-order valence-corrected chi connectivity index (χ3v) is 3.67. The molecule has 1 aliphatic carbocycles. The Kier molecular flexibility index (Phi) is 3.86. The largest absolute Gasteiger partial charge is 0.491 e. The molecular weight excluding hydrogens is 292 g/mol. The molecule has 1 fully saturated rings. The zero-order valence-corrected chi connectivity index (χ0v) is 11.7. The van der Waals surface area contributed by atoms with Gasteiger partial charge in [-0.1, -0.05) is 13.8 Å². The molecule has 2 rings (SSSR count). The van der Waals surface area contributed by atoms with Crippen molar-refractivity contribution in [3.63, 3.8) is 0 Å². The maximum atomic E-state index is 13.7. The highest BCUT2D eigenvalue weighted by molar-refractivity contribution is 5.76. The van der Waals surface area contributed by atoms with Gasteiger partial charge in [0.2, 0.25) is 11.6 Å². The van der Waals surface area contributed by atoms with Crippen LogP contribution in [0, 0.1) is 34.6 Å². The highest BCUT2D eigenvalue weighted by atomic mass is 19.2. The van der Waals surface area contributed by atoms with E-state index in [1.165, 1.54) is 0 Å². The molecule has 0 aromatic heterocycles. The Morgan fingerprint density at radius 1 is 1.14 bits per heavy atom. The smallest absolute Gasteiger partial charge is 0.309 e. The zero-order valence-electron chi connectivity index (χ0n) is 11.7. The van der Waals surface area contributed by atoms with Crippen LogP contribution in [0.1, 0.15) is 25.8 Å². The number of hydrogen-bond donors (Lipinski definition) is 0. The average molecular weight is 306 g/mol. The molecule has 0 unspecified atom stereocenters. The van der Waals surface area contributed by atoms with Crippen LogP contribution in [0.3, 0.4) is 0 Å². The highest BCUT2D eigenvalue weighted by Gasteiger charge is 2.51. The van der Waals surface area contributed by atoms with Gasteiger partial charge in [0.1, 0.15) is 6.61 Å². The fourth-order valence-corrected chi connectivity index (χ4v) is 2.08. The van der Waals surface area contributed by atoms with Gasteiger partial charge in [-0.3, -0.25) is 4.79 Å². The molecule has 1 saturated carbocycles. The van der Waals surface area contributed by atoms with E-state index in [9.17, 15) is 22.4 Å². The molecule has 1 aromatic carbocycles. The number of rotatable bonds is 4. The number of hydrogen-bond acceptors (Lipinski definition) is 3. The fraction of sp³-hybridized carbons (Fsp3) is 0.500. The van der Waals surface area contributed by atoms with Crippen LogP contribution in [-0.2, 0) is 16.1 Å². The molecule has 0 saturated heterocycles. The Morgan fingerprint density at radius 3 is 2.00 bits per heavy atom. The lowest BCUT2D eigenvalue weighted by molar-refractivity contribution is -0.147. The number of ether oxygens (including phenoxy) is 2. The van der Waals surface area contributed by atoms with E-state index in [0.717, 1.165) is 7.11 Å². The number of halogens is 4. The second kappa shape index (κ2) is 5.20. The van der Waals surface area contributed by atoms with E-state index in [1.54, 1.807) is 0 Å². The summed E-state index contributed by atoms with van der Waals surface area (Å²) in [6.07, 6.45) is 0.599. The molecule has 1 aromatic rings. The minimum Gasteiger partial charge on any atom is -0.491 e. The van der Waals surface area contributed by atoms with Gasteiger partial charge in [0.15, 0.2) is 17.4 Å². The summed E-state index contributed by atoms with van der Waals surface area (Å²) in [6.45, 7) is 2.81. The predicted molar refractivity (Wildman–Crippen MR) is 64.5 cm³/mol. The average Bonchev–Trinajstić information content (AvgIpc) is 3.06. The van der Waals surface area contributed by atoms with Gasteiger partial charge in [0, 0.05) is 0 Å². The van der Waals surface area contributed by atoms with Crippen molar-refractivity contribution in [2.75, 3.05) is 7.11 Å². The van der Waals surface area contributed by atoms with Crippen molar-refractivity contribution in [3.05, 3.63) is 28.8 Å². The molecule has 21 heavy (non-hydrogen) atoms. The second-order valence-electron chi connectivity index (χ2n) is 5.62. The molecule has 0 aliphatic heterocycles. The van der Waals surface area contributed by atoms with Crippen molar-refractivity contribution >= 4 is 5.97 Å². The number of benzene rings is 1. The lowest BCUT2D eigenvalue weighted by Crippen LogP contribution is -2.13. The maximum absolute atomic E-state index is 13.7. The van der Waals surface area contributed by atoms with Crippen LogP contribution < -0.4 is 4.74 Å². The molecule has 0 amide bonds. The highest BCUT2D eigenvalue weighted by Crippen LogP contribution is 2.52. The lowest BCUT2D eigenvalue weighted by Gasteiger charge is -2.11. The topological polar surface area (TPSA) is 35.5 Å². The summed E-state index contributed by atoms with van der Waals surface area (Å²) in [5.41, 5.74) is -1.19. The molecule has 116 valence electrons. The molecule has 0 heterocycles. The van der Waals surface area contributed by atoms with Crippen molar-refractivity contribution in [1.29, 1.82) is 0 Å². The Bertz CT molecular complexity index is 569. The summed E-state index contributed by atoms with van der Waals surface area (Å²) in [5, 5.41) is 0. The van der Waals surface area contributed by atoms with Crippen molar-refractivity contribution < 1.29 is 31.8 Å². The van der Waals surface area contributed by atoms with Crippen LogP contribution in [0.4, 0.5) is 17.6 Å². The molecular formula is C14H14F4O3. The van der Waals surface area contributed by atoms with Crippen molar-refractivity contribution in [1.82, 2.24) is 0 Å². The number of carbonyl (C=O) groups is 1. The first kappa shape index (κ1) is 15.6. The van der Waals surface area contributed by atoms with Crippen molar-refractivity contribution in [2.24, 2.45) is 11.3 Å². The van der Waals surface area contributed by atoms with E-state index in [1.807, 2.05) is 13.8 Å². The third-order valence-electron chi connectivity index (χ3n) is 3.67. The molecule has 3 nitrogen and oxygen atoms in total. The van der Waals surface area contributed by atoms with Crippen LogP contribution in [0.25, 0.3) is 0 Å². The molecule has 0 N–H and O–H groups in total. The summed E-state index contributed by atoms with van der Waals surface area (Å²) >= 11 is 0. The Morgan fingerprint density at radius 2 is 1.62 bits per heavy atom. The maximum Gasteiger partial charge on any atom is 0.309 e. The number of methoxy groups -OCH3 is 1. The SMILES string of the molecule is COc1c(F)c(F)c(COC(=O)[C@@H]2CC2(C)C)c(F)c1F. The predicted octanol–water partition coefficient (Wildman–Crippen LogP) is 3.34. The Balaban J connectivity index is 2.19. The molecule has 7 heteroatoms. The van der Waals surface area contributed by atoms with Gasteiger partial charge in [0.05, 0.1) is 18.6 Å². The monoisotopic (exact) mass is 306 g/mol.